The highest BCUT2D eigenvalue weighted by Gasteiger charge is 2.08. The third-order valence-corrected chi connectivity index (χ3v) is 4.01. The molecule has 0 aliphatic heterocycles. The Bertz CT molecular complexity index is 551. The molecule has 1 N–H and O–H groups in total. The van der Waals surface area contributed by atoms with Gasteiger partial charge in [0, 0.05) is 10.5 Å². The topological polar surface area (TPSA) is 12.0 Å². The van der Waals surface area contributed by atoms with Crippen molar-refractivity contribution < 1.29 is 0 Å². The molecule has 2 rings (SSSR count). The second-order valence-corrected chi connectivity index (χ2v) is 5.91. The molecule has 0 fully saturated rings. The summed E-state index contributed by atoms with van der Waals surface area (Å²) in [5, 5.41) is 4.18. The number of hydrogen-bond acceptors (Lipinski definition) is 1. The van der Waals surface area contributed by atoms with Gasteiger partial charge in [0.15, 0.2) is 0 Å². The Morgan fingerprint density at radius 1 is 1.16 bits per heavy atom. The van der Waals surface area contributed by atoms with Crippen LogP contribution in [0.15, 0.2) is 46.9 Å². The van der Waals surface area contributed by atoms with Crippen LogP contribution >= 0.6 is 27.5 Å². The van der Waals surface area contributed by atoms with Crippen LogP contribution in [0.5, 0.6) is 0 Å². The van der Waals surface area contributed by atoms with E-state index in [4.69, 9.17) is 11.6 Å². The van der Waals surface area contributed by atoms with Gasteiger partial charge < -0.3 is 5.32 Å². The molecule has 0 radical (unpaired) electrons. The summed E-state index contributed by atoms with van der Waals surface area (Å²) in [5.41, 5.74) is 3.56. The van der Waals surface area contributed by atoms with Gasteiger partial charge in [0.1, 0.15) is 0 Å². The van der Waals surface area contributed by atoms with Gasteiger partial charge in [-0.05, 0) is 42.7 Å². The van der Waals surface area contributed by atoms with E-state index in [1.165, 1.54) is 11.1 Å². The predicted molar refractivity (Wildman–Crippen MR) is 87.0 cm³/mol. The zero-order valence-corrected chi connectivity index (χ0v) is 13.4. The maximum atomic E-state index is 6.19. The fourth-order valence-corrected chi connectivity index (χ4v) is 2.50. The minimum absolute atomic E-state index is 0.220. The van der Waals surface area contributed by atoms with Crippen LogP contribution in [0.1, 0.15) is 31.0 Å². The van der Waals surface area contributed by atoms with E-state index in [1.54, 1.807) is 0 Å². The lowest BCUT2D eigenvalue weighted by Gasteiger charge is -2.17. The summed E-state index contributed by atoms with van der Waals surface area (Å²) in [6, 6.07) is 14.7. The maximum absolute atomic E-state index is 6.19. The summed E-state index contributed by atoms with van der Waals surface area (Å²) >= 11 is 9.65. The standard InChI is InChI=1S/C16H17BrClN/c1-3-12-4-6-13(7-5-12)11(2)19-16-10-14(17)8-9-15(16)18/h4-11,19H,3H2,1-2H3. The van der Waals surface area contributed by atoms with Crippen molar-refractivity contribution in [3.63, 3.8) is 0 Å². The van der Waals surface area contributed by atoms with Crippen molar-refractivity contribution in [2.45, 2.75) is 26.3 Å². The number of benzene rings is 2. The first kappa shape index (κ1) is 14.4. The van der Waals surface area contributed by atoms with Gasteiger partial charge in [0.2, 0.25) is 0 Å². The van der Waals surface area contributed by atoms with Crippen LogP contribution in [0, 0.1) is 0 Å². The average Bonchev–Trinajstić information content (AvgIpc) is 2.43. The van der Waals surface area contributed by atoms with Crippen molar-refractivity contribution in [1.82, 2.24) is 0 Å². The van der Waals surface area contributed by atoms with Gasteiger partial charge in [0.25, 0.3) is 0 Å². The van der Waals surface area contributed by atoms with Crippen molar-refractivity contribution in [1.29, 1.82) is 0 Å². The number of halogens is 2. The molecule has 19 heavy (non-hydrogen) atoms. The maximum Gasteiger partial charge on any atom is 0.0638 e. The molecule has 100 valence electrons. The Hall–Kier alpha value is -0.990. The molecule has 0 heterocycles. The van der Waals surface area contributed by atoms with Crippen LogP contribution in [-0.4, -0.2) is 0 Å². The van der Waals surface area contributed by atoms with E-state index in [2.05, 4.69) is 59.4 Å². The lowest BCUT2D eigenvalue weighted by Crippen LogP contribution is -2.07. The Kier molecular flexibility index (Phi) is 4.89. The first-order chi connectivity index (χ1) is 9.10. The summed E-state index contributed by atoms with van der Waals surface area (Å²) in [5.74, 6) is 0. The van der Waals surface area contributed by atoms with Crippen molar-refractivity contribution in [2.24, 2.45) is 0 Å². The van der Waals surface area contributed by atoms with Gasteiger partial charge in [-0.25, -0.2) is 0 Å². The highest BCUT2D eigenvalue weighted by Crippen LogP contribution is 2.29. The van der Waals surface area contributed by atoms with E-state index >= 15 is 0 Å². The summed E-state index contributed by atoms with van der Waals surface area (Å²) in [4.78, 5) is 0. The molecule has 3 heteroatoms. The first-order valence-corrected chi connectivity index (χ1v) is 7.57. The molecular weight excluding hydrogens is 322 g/mol. The van der Waals surface area contributed by atoms with Crippen LogP contribution in [0.25, 0.3) is 0 Å². The number of rotatable bonds is 4. The zero-order chi connectivity index (χ0) is 13.8. The molecule has 0 amide bonds. The quantitative estimate of drug-likeness (QED) is 0.738. The highest BCUT2D eigenvalue weighted by atomic mass is 79.9. The number of hydrogen-bond donors (Lipinski definition) is 1. The molecule has 0 spiro atoms. The predicted octanol–water partition coefficient (Wildman–Crippen LogP) is 5.84. The third-order valence-electron chi connectivity index (χ3n) is 3.19. The lowest BCUT2D eigenvalue weighted by molar-refractivity contribution is 0.882. The molecule has 1 nitrogen and oxygen atoms in total. The molecule has 0 bridgehead atoms. The van der Waals surface area contributed by atoms with Crippen LogP contribution < -0.4 is 5.32 Å². The second-order valence-electron chi connectivity index (χ2n) is 4.59. The van der Waals surface area contributed by atoms with Gasteiger partial charge in [-0.3, -0.25) is 0 Å². The van der Waals surface area contributed by atoms with E-state index in [-0.39, 0.29) is 6.04 Å². The van der Waals surface area contributed by atoms with Crippen LogP contribution in [0.4, 0.5) is 5.69 Å². The number of anilines is 1. The van der Waals surface area contributed by atoms with Crippen LogP contribution in [0.3, 0.4) is 0 Å². The minimum Gasteiger partial charge on any atom is -0.377 e. The monoisotopic (exact) mass is 337 g/mol. The fraction of sp³-hybridized carbons (Fsp3) is 0.250. The van der Waals surface area contributed by atoms with Crippen LogP contribution in [0.2, 0.25) is 5.02 Å². The molecule has 0 saturated carbocycles. The number of nitrogens with one attached hydrogen (secondary N) is 1. The molecule has 2 aromatic carbocycles. The largest absolute Gasteiger partial charge is 0.377 e. The summed E-state index contributed by atoms with van der Waals surface area (Å²) in [7, 11) is 0. The zero-order valence-electron chi connectivity index (χ0n) is 11.1. The van der Waals surface area contributed by atoms with Gasteiger partial charge in [0.05, 0.1) is 10.7 Å². The Balaban J connectivity index is 2.15. The van der Waals surface area contributed by atoms with Crippen molar-refractivity contribution in [3.05, 3.63) is 63.1 Å². The molecule has 0 aromatic heterocycles. The average molecular weight is 339 g/mol. The van der Waals surface area contributed by atoms with Gasteiger partial charge in [-0.15, -0.1) is 0 Å². The minimum atomic E-state index is 0.220. The second kappa shape index (κ2) is 6.44. The molecule has 1 unspecified atom stereocenters. The van der Waals surface area contributed by atoms with Gasteiger partial charge >= 0.3 is 0 Å². The SMILES string of the molecule is CCc1ccc(C(C)Nc2cc(Br)ccc2Cl)cc1. The molecular formula is C16H17BrClN. The van der Waals surface area contributed by atoms with Gasteiger partial charge in [-0.2, -0.15) is 0 Å². The highest BCUT2D eigenvalue weighted by molar-refractivity contribution is 9.10. The summed E-state index contributed by atoms with van der Waals surface area (Å²) in [6.45, 7) is 4.30. The van der Waals surface area contributed by atoms with E-state index in [9.17, 15) is 0 Å². The van der Waals surface area contributed by atoms with Crippen molar-refractivity contribution in [2.75, 3.05) is 5.32 Å². The molecule has 2 aromatic rings. The van der Waals surface area contributed by atoms with Crippen molar-refractivity contribution >= 4 is 33.2 Å². The molecule has 0 aliphatic carbocycles. The van der Waals surface area contributed by atoms with Crippen molar-refractivity contribution in [3.8, 4) is 0 Å². The molecule has 1 atom stereocenters. The summed E-state index contributed by atoms with van der Waals surface area (Å²) in [6.07, 6.45) is 1.07. The fourth-order valence-electron chi connectivity index (χ4n) is 1.97. The summed E-state index contributed by atoms with van der Waals surface area (Å²) < 4.78 is 1.02. The smallest absolute Gasteiger partial charge is 0.0638 e. The van der Waals surface area contributed by atoms with E-state index in [0.29, 0.717) is 0 Å². The normalized spacial score (nSPS) is 12.2. The Morgan fingerprint density at radius 2 is 1.84 bits per heavy atom. The molecule has 0 aliphatic rings. The van der Waals surface area contributed by atoms with E-state index < -0.39 is 0 Å². The Labute approximate surface area is 128 Å². The van der Waals surface area contributed by atoms with Crippen LogP contribution in [-0.2, 0) is 6.42 Å². The van der Waals surface area contributed by atoms with E-state index in [1.807, 2.05) is 18.2 Å². The lowest BCUT2D eigenvalue weighted by atomic mass is 10.0. The first-order valence-electron chi connectivity index (χ1n) is 6.40. The van der Waals surface area contributed by atoms with E-state index in [0.717, 1.165) is 21.6 Å². The molecule has 0 saturated heterocycles. The van der Waals surface area contributed by atoms with Gasteiger partial charge in [-0.1, -0.05) is 58.7 Å². The number of aryl methyl sites for hydroxylation is 1. The third kappa shape index (κ3) is 3.74. The Morgan fingerprint density at radius 3 is 2.47 bits per heavy atom.